The Balaban J connectivity index is 3.02. The van der Waals surface area contributed by atoms with Crippen molar-refractivity contribution in [3.05, 3.63) is 34.9 Å². The van der Waals surface area contributed by atoms with Gasteiger partial charge in [-0.3, -0.25) is 4.79 Å². The maximum absolute atomic E-state index is 13.0. The normalized spacial score (nSPS) is 11.7. The molecule has 0 fully saturated rings. The zero-order valence-corrected chi connectivity index (χ0v) is 16.4. The lowest BCUT2D eigenvalue weighted by molar-refractivity contribution is 0.0945. The van der Waals surface area contributed by atoms with Gasteiger partial charge in [0.1, 0.15) is 0 Å². The number of carbonyl (C=O) groups excluding carboxylic acids is 1. The summed E-state index contributed by atoms with van der Waals surface area (Å²) in [5.41, 5.74) is 3.17. The number of aryl methyl sites for hydroxylation is 1. The first kappa shape index (κ1) is 20.1. The van der Waals surface area contributed by atoms with Crippen LogP contribution in [0.1, 0.15) is 63.0 Å². The van der Waals surface area contributed by atoms with Gasteiger partial charge in [0.15, 0.2) is 0 Å². The highest BCUT2D eigenvalue weighted by molar-refractivity contribution is 6.83. The Kier molecular flexibility index (Phi) is 8.74. The number of hydrogen-bond acceptors (Lipinski definition) is 3. The molecule has 3 nitrogen and oxygen atoms in total. The van der Waals surface area contributed by atoms with E-state index in [4.69, 9.17) is 8.85 Å². The molecule has 129 valence electrons. The minimum absolute atomic E-state index is 0.0449. The third kappa shape index (κ3) is 6.20. The average molecular weight is 336 g/mol. The summed E-state index contributed by atoms with van der Waals surface area (Å²) in [6, 6.07) is 5.99. The van der Waals surface area contributed by atoms with E-state index >= 15 is 0 Å². The largest absolute Gasteiger partial charge is 0.468 e. The summed E-state index contributed by atoms with van der Waals surface area (Å²) in [5.74, 6) is 0.774. The number of rotatable bonds is 10. The lowest BCUT2D eigenvalue weighted by Gasteiger charge is -2.19. The maximum Gasteiger partial charge on any atom is 0.468 e. The summed E-state index contributed by atoms with van der Waals surface area (Å²) in [6.07, 6.45) is 1.79. The molecule has 0 heterocycles. The summed E-state index contributed by atoms with van der Waals surface area (Å²) in [5, 5.41) is 0.0449. The fraction of sp³-hybridized carbons (Fsp3) is 0.632. The van der Waals surface area contributed by atoms with Gasteiger partial charge in [0.05, 0.1) is 0 Å². The molecule has 0 amide bonds. The highest BCUT2D eigenvalue weighted by Gasteiger charge is 2.30. The Bertz CT molecular complexity index is 485. The van der Waals surface area contributed by atoms with E-state index in [1.54, 1.807) is 0 Å². The Morgan fingerprint density at radius 3 is 2.00 bits per heavy atom. The molecule has 0 unspecified atom stereocenters. The minimum Gasteiger partial charge on any atom is -0.388 e. The van der Waals surface area contributed by atoms with Gasteiger partial charge < -0.3 is 8.85 Å². The molecule has 0 atom stereocenters. The van der Waals surface area contributed by atoms with Crippen molar-refractivity contribution in [2.24, 2.45) is 11.8 Å². The van der Waals surface area contributed by atoms with Crippen LogP contribution in [0.25, 0.3) is 0 Å². The molecule has 1 aromatic rings. The second kappa shape index (κ2) is 10.0. The zero-order chi connectivity index (χ0) is 17.4. The first-order valence-corrected chi connectivity index (χ1v) is 10.00. The summed E-state index contributed by atoms with van der Waals surface area (Å²) < 4.78 is 11.7. The van der Waals surface area contributed by atoms with Crippen LogP contribution in [0.2, 0.25) is 0 Å². The van der Waals surface area contributed by atoms with E-state index < -0.39 is 9.28 Å². The second-order valence-electron chi connectivity index (χ2n) is 6.68. The minimum atomic E-state index is -1.96. The second-order valence-corrected chi connectivity index (χ2v) is 8.28. The molecule has 4 heteroatoms. The Morgan fingerprint density at radius 1 is 1.00 bits per heavy atom. The van der Waals surface area contributed by atoms with E-state index in [1.807, 2.05) is 12.1 Å². The molecule has 0 saturated carbocycles. The van der Waals surface area contributed by atoms with Crippen LogP contribution in [0.15, 0.2) is 18.2 Å². The highest BCUT2D eigenvalue weighted by Crippen LogP contribution is 2.19. The van der Waals surface area contributed by atoms with Crippen molar-refractivity contribution in [2.45, 2.75) is 54.4 Å². The van der Waals surface area contributed by atoms with E-state index in [-0.39, 0.29) is 5.41 Å². The van der Waals surface area contributed by atoms with Gasteiger partial charge in [0.25, 0.3) is 0 Å². The van der Waals surface area contributed by atoms with E-state index in [0.29, 0.717) is 25.0 Å². The van der Waals surface area contributed by atoms with Crippen molar-refractivity contribution in [1.29, 1.82) is 0 Å². The Labute approximate surface area is 143 Å². The molecule has 0 aliphatic rings. The van der Waals surface area contributed by atoms with Gasteiger partial charge in [0.2, 0.25) is 5.41 Å². The zero-order valence-electron chi connectivity index (χ0n) is 15.4. The Hall–Kier alpha value is -0.973. The molecule has 23 heavy (non-hydrogen) atoms. The third-order valence-corrected chi connectivity index (χ3v) is 5.03. The van der Waals surface area contributed by atoms with Crippen LogP contribution in [0.5, 0.6) is 0 Å². The Morgan fingerprint density at radius 2 is 1.57 bits per heavy atom. The van der Waals surface area contributed by atoms with Gasteiger partial charge in [-0.2, -0.15) is 0 Å². The third-order valence-electron chi connectivity index (χ3n) is 3.53. The lowest BCUT2D eigenvalue weighted by atomic mass is 9.98. The predicted molar refractivity (Wildman–Crippen MR) is 96.9 cm³/mol. The van der Waals surface area contributed by atoms with Crippen LogP contribution >= 0.6 is 0 Å². The quantitative estimate of drug-likeness (QED) is 0.596. The first-order chi connectivity index (χ1) is 10.9. The summed E-state index contributed by atoms with van der Waals surface area (Å²) in [4.78, 5) is 13.0. The van der Waals surface area contributed by atoms with Crippen molar-refractivity contribution < 1.29 is 13.6 Å². The molecule has 0 N–H and O–H groups in total. The van der Waals surface area contributed by atoms with Gasteiger partial charge >= 0.3 is 9.28 Å². The van der Waals surface area contributed by atoms with Gasteiger partial charge in [-0.25, -0.2) is 0 Å². The van der Waals surface area contributed by atoms with Crippen LogP contribution < -0.4 is 0 Å². The van der Waals surface area contributed by atoms with E-state index in [2.05, 4.69) is 47.6 Å². The van der Waals surface area contributed by atoms with Crippen LogP contribution in [0.3, 0.4) is 0 Å². The predicted octanol–water partition coefficient (Wildman–Crippen LogP) is 4.37. The van der Waals surface area contributed by atoms with Gasteiger partial charge in [-0.05, 0) is 35.8 Å². The monoisotopic (exact) mass is 335 g/mol. The van der Waals surface area contributed by atoms with Crippen LogP contribution in [0, 0.1) is 11.8 Å². The molecule has 0 aliphatic heterocycles. The molecule has 0 saturated heterocycles. The van der Waals surface area contributed by atoms with E-state index in [9.17, 15) is 4.79 Å². The molecule has 1 radical (unpaired) electrons. The average Bonchev–Trinajstić information content (AvgIpc) is 2.52. The molecule has 0 aliphatic carbocycles. The molecular formula is C19H31O3Si. The molecule has 1 aromatic carbocycles. The fourth-order valence-corrected chi connectivity index (χ4v) is 4.13. The SMILES string of the molecule is CCc1cccc(C(=O)[Si](OCC(C)C)OCC(C)C)c1CC. The molecule has 0 aromatic heterocycles. The molecular weight excluding hydrogens is 304 g/mol. The standard InChI is InChI=1S/C19H31O3Si/c1-7-16-10-9-11-18(17(16)8-2)19(20)23(21-12-14(3)4)22-13-15(5)6/h9-11,14-15H,7-8,12-13H2,1-6H3. The van der Waals surface area contributed by atoms with Crippen molar-refractivity contribution in [3.63, 3.8) is 0 Å². The lowest BCUT2D eigenvalue weighted by Crippen LogP contribution is -2.36. The number of carbonyl (C=O) groups is 1. The number of hydrogen-bond donors (Lipinski definition) is 0. The fourth-order valence-electron chi connectivity index (χ4n) is 2.36. The van der Waals surface area contributed by atoms with Crippen LogP contribution in [0.4, 0.5) is 0 Å². The summed E-state index contributed by atoms with van der Waals surface area (Å²) in [6.45, 7) is 13.7. The van der Waals surface area contributed by atoms with Crippen molar-refractivity contribution in [1.82, 2.24) is 0 Å². The van der Waals surface area contributed by atoms with Crippen LogP contribution in [-0.2, 0) is 21.7 Å². The van der Waals surface area contributed by atoms with Crippen molar-refractivity contribution in [3.8, 4) is 0 Å². The molecule has 0 spiro atoms. The van der Waals surface area contributed by atoms with Gasteiger partial charge in [0, 0.05) is 18.8 Å². The van der Waals surface area contributed by atoms with E-state index in [1.165, 1.54) is 5.56 Å². The topological polar surface area (TPSA) is 35.5 Å². The molecule has 0 bridgehead atoms. The van der Waals surface area contributed by atoms with Gasteiger partial charge in [-0.15, -0.1) is 0 Å². The first-order valence-electron chi connectivity index (χ1n) is 8.68. The van der Waals surface area contributed by atoms with E-state index in [0.717, 1.165) is 24.0 Å². The maximum atomic E-state index is 13.0. The molecule has 1 rings (SSSR count). The number of benzene rings is 1. The summed E-state index contributed by atoms with van der Waals surface area (Å²) >= 11 is 0. The van der Waals surface area contributed by atoms with Crippen molar-refractivity contribution >= 4 is 14.7 Å². The van der Waals surface area contributed by atoms with Crippen molar-refractivity contribution in [2.75, 3.05) is 13.2 Å². The van der Waals surface area contributed by atoms with Crippen LogP contribution in [-0.4, -0.2) is 27.9 Å². The highest BCUT2D eigenvalue weighted by atomic mass is 28.3. The van der Waals surface area contributed by atoms with Gasteiger partial charge in [-0.1, -0.05) is 59.7 Å². The summed E-state index contributed by atoms with van der Waals surface area (Å²) in [7, 11) is -1.96. The smallest absolute Gasteiger partial charge is 0.388 e.